The first kappa shape index (κ1) is 12.8. The lowest BCUT2D eigenvalue weighted by atomic mass is 10.2. The van der Waals surface area contributed by atoms with Gasteiger partial charge in [-0.3, -0.25) is 9.25 Å². The van der Waals surface area contributed by atoms with Gasteiger partial charge in [0.15, 0.2) is 0 Å². The van der Waals surface area contributed by atoms with E-state index in [0.717, 1.165) is 24.6 Å². The number of aromatic nitrogens is 4. The minimum Gasteiger partial charge on any atom is -0.312 e. The van der Waals surface area contributed by atoms with Crippen LogP contribution in [-0.2, 0) is 13.6 Å². The van der Waals surface area contributed by atoms with Gasteiger partial charge in [0, 0.05) is 31.5 Å². The molecule has 0 radical (unpaired) electrons. The minimum atomic E-state index is 0.652. The van der Waals surface area contributed by atoms with Crippen LogP contribution in [-0.4, -0.2) is 25.9 Å². The topological polar surface area (TPSA) is 47.7 Å². The second kappa shape index (κ2) is 5.35. The van der Waals surface area contributed by atoms with E-state index in [0.29, 0.717) is 5.92 Å². The summed E-state index contributed by atoms with van der Waals surface area (Å²) >= 11 is 0. The SMILES string of the molecule is Cc1nn(C)c(-n2ccnc2)c1CNCC(C)C. The Labute approximate surface area is 108 Å². The van der Waals surface area contributed by atoms with Crippen LogP contribution in [0, 0.1) is 12.8 Å². The number of rotatable bonds is 5. The molecule has 98 valence electrons. The predicted molar refractivity (Wildman–Crippen MR) is 71.6 cm³/mol. The van der Waals surface area contributed by atoms with Gasteiger partial charge in [-0.25, -0.2) is 4.98 Å². The van der Waals surface area contributed by atoms with E-state index in [2.05, 4.69) is 29.2 Å². The maximum Gasteiger partial charge on any atom is 0.140 e. The number of hydrogen-bond donors (Lipinski definition) is 1. The largest absolute Gasteiger partial charge is 0.312 e. The third kappa shape index (κ3) is 2.61. The van der Waals surface area contributed by atoms with E-state index in [9.17, 15) is 0 Å². The van der Waals surface area contributed by atoms with Crippen LogP contribution in [0.4, 0.5) is 0 Å². The van der Waals surface area contributed by atoms with Crippen molar-refractivity contribution in [2.24, 2.45) is 13.0 Å². The first-order chi connectivity index (χ1) is 8.59. The Hall–Kier alpha value is -1.62. The smallest absolute Gasteiger partial charge is 0.140 e. The third-order valence-corrected chi connectivity index (χ3v) is 2.92. The summed E-state index contributed by atoms with van der Waals surface area (Å²) in [7, 11) is 1.97. The van der Waals surface area contributed by atoms with Crippen molar-refractivity contribution in [1.29, 1.82) is 0 Å². The number of hydrogen-bond acceptors (Lipinski definition) is 3. The van der Waals surface area contributed by atoms with Crippen LogP contribution < -0.4 is 5.32 Å². The molecule has 2 heterocycles. The average Bonchev–Trinajstić information content (AvgIpc) is 2.87. The van der Waals surface area contributed by atoms with Crippen molar-refractivity contribution in [2.45, 2.75) is 27.3 Å². The summed E-state index contributed by atoms with van der Waals surface area (Å²) in [5, 5.41) is 7.96. The Bertz CT molecular complexity index is 496. The molecule has 0 saturated heterocycles. The van der Waals surface area contributed by atoms with Crippen LogP contribution in [0.1, 0.15) is 25.1 Å². The molecular formula is C13H21N5. The van der Waals surface area contributed by atoms with Crippen molar-refractivity contribution in [3.8, 4) is 5.82 Å². The fourth-order valence-corrected chi connectivity index (χ4v) is 2.09. The van der Waals surface area contributed by atoms with Gasteiger partial charge in [0.2, 0.25) is 0 Å². The van der Waals surface area contributed by atoms with Crippen molar-refractivity contribution in [3.63, 3.8) is 0 Å². The molecule has 2 rings (SSSR count). The first-order valence-electron chi connectivity index (χ1n) is 6.31. The molecule has 5 heteroatoms. The van der Waals surface area contributed by atoms with E-state index >= 15 is 0 Å². The van der Waals surface area contributed by atoms with Crippen molar-refractivity contribution in [1.82, 2.24) is 24.6 Å². The van der Waals surface area contributed by atoms with E-state index < -0.39 is 0 Å². The van der Waals surface area contributed by atoms with E-state index in [1.165, 1.54) is 5.56 Å². The molecule has 0 aliphatic carbocycles. The summed E-state index contributed by atoms with van der Waals surface area (Å²) in [6.07, 6.45) is 5.54. The fraction of sp³-hybridized carbons (Fsp3) is 0.538. The quantitative estimate of drug-likeness (QED) is 0.874. The Morgan fingerprint density at radius 1 is 1.39 bits per heavy atom. The van der Waals surface area contributed by atoms with Gasteiger partial charge in [-0.15, -0.1) is 0 Å². The molecule has 0 amide bonds. The molecule has 2 aromatic rings. The molecule has 0 aliphatic rings. The molecule has 2 aromatic heterocycles. The van der Waals surface area contributed by atoms with E-state index in [4.69, 9.17) is 0 Å². The number of imidazole rings is 1. The minimum absolute atomic E-state index is 0.652. The molecular weight excluding hydrogens is 226 g/mol. The molecule has 5 nitrogen and oxygen atoms in total. The molecule has 0 saturated carbocycles. The van der Waals surface area contributed by atoms with Gasteiger partial charge in [0.1, 0.15) is 12.1 Å². The number of nitrogens with one attached hydrogen (secondary N) is 1. The van der Waals surface area contributed by atoms with E-state index in [1.54, 1.807) is 6.20 Å². The van der Waals surface area contributed by atoms with Crippen LogP contribution in [0.25, 0.3) is 5.82 Å². The van der Waals surface area contributed by atoms with E-state index in [1.807, 2.05) is 35.7 Å². The molecule has 0 bridgehead atoms. The monoisotopic (exact) mass is 247 g/mol. The molecule has 1 N–H and O–H groups in total. The standard InChI is InChI=1S/C13H21N5/c1-10(2)7-15-8-12-11(3)16-17(4)13(12)18-6-5-14-9-18/h5-6,9-10,15H,7-8H2,1-4H3. The predicted octanol–water partition coefficient (Wildman–Crippen LogP) is 1.66. The molecule has 18 heavy (non-hydrogen) atoms. The summed E-state index contributed by atoms with van der Waals surface area (Å²) in [4.78, 5) is 4.10. The van der Waals surface area contributed by atoms with Gasteiger partial charge < -0.3 is 5.32 Å². The number of aryl methyl sites for hydroxylation is 2. The highest BCUT2D eigenvalue weighted by Gasteiger charge is 2.14. The summed E-state index contributed by atoms with van der Waals surface area (Å²) in [6.45, 7) is 8.32. The molecule has 0 spiro atoms. The molecule has 0 unspecified atom stereocenters. The van der Waals surface area contributed by atoms with E-state index in [-0.39, 0.29) is 0 Å². The maximum absolute atomic E-state index is 4.49. The third-order valence-electron chi connectivity index (χ3n) is 2.92. The Morgan fingerprint density at radius 2 is 2.17 bits per heavy atom. The molecule has 0 atom stereocenters. The highest BCUT2D eigenvalue weighted by Crippen LogP contribution is 2.17. The highest BCUT2D eigenvalue weighted by atomic mass is 15.3. The van der Waals surface area contributed by atoms with Gasteiger partial charge in [-0.05, 0) is 19.4 Å². The summed E-state index contributed by atoms with van der Waals surface area (Å²) in [6, 6.07) is 0. The van der Waals surface area contributed by atoms with Gasteiger partial charge in [-0.2, -0.15) is 5.10 Å². The normalized spacial score (nSPS) is 11.4. The molecule has 0 fully saturated rings. The lowest BCUT2D eigenvalue weighted by molar-refractivity contribution is 0.550. The van der Waals surface area contributed by atoms with Gasteiger partial charge in [0.25, 0.3) is 0 Å². The molecule has 0 aliphatic heterocycles. The van der Waals surface area contributed by atoms with Gasteiger partial charge >= 0.3 is 0 Å². The number of nitrogens with zero attached hydrogens (tertiary/aromatic N) is 4. The van der Waals surface area contributed by atoms with Gasteiger partial charge in [0.05, 0.1) is 5.69 Å². The highest BCUT2D eigenvalue weighted by molar-refractivity contribution is 5.37. The summed E-state index contributed by atoms with van der Waals surface area (Å²) in [5.74, 6) is 1.74. The van der Waals surface area contributed by atoms with Crippen LogP contribution in [0.15, 0.2) is 18.7 Å². The Balaban J connectivity index is 2.23. The summed E-state index contributed by atoms with van der Waals surface area (Å²) < 4.78 is 3.91. The maximum atomic E-state index is 4.49. The second-order valence-corrected chi connectivity index (χ2v) is 5.01. The van der Waals surface area contributed by atoms with Crippen LogP contribution in [0.2, 0.25) is 0 Å². The van der Waals surface area contributed by atoms with Crippen molar-refractivity contribution in [2.75, 3.05) is 6.54 Å². The van der Waals surface area contributed by atoms with Crippen LogP contribution in [0.3, 0.4) is 0 Å². The van der Waals surface area contributed by atoms with Crippen molar-refractivity contribution < 1.29 is 0 Å². The van der Waals surface area contributed by atoms with Crippen LogP contribution in [0.5, 0.6) is 0 Å². The first-order valence-corrected chi connectivity index (χ1v) is 6.31. The Kier molecular flexibility index (Phi) is 3.81. The zero-order valence-corrected chi connectivity index (χ0v) is 11.5. The zero-order valence-electron chi connectivity index (χ0n) is 11.5. The van der Waals surface area contributed by atoms with Crippen molar-refractivity contribution in [3.05, 3.63) is 30.0 Å². The lowest BCUT2D eigenvalue weighted by Crippen LogP contribution is -2.20. The molecule has 0 aromatic carbocycles. The average molecular weight is 247 g/mol. The lowest BCUT2D eigenvalue weighted by Gasteiger charge is -2.10. The van der Waals surface area contributed by atoms with Crippen LogP contribution >= 0.6 is 0 Å². The zero-order chi connectivity index (χ0) is 13.1. The second-order valence-electron chi connectivity index (χ2n) is 5.01. The van der Waals surface area contributed by atoms with Crippen molar-refractivity contribution >= 4 is 0 Å². The summed E-state index contributed by atoms with van der Waals surface area (Å²) in [5.41, 5.74) is 2.30. The fourth-order valence-electron chi connectivity index (χ4n) is 2.09. The van der Waals surface area contributed by atoms with Gasteiger partial charge in [-0.1, -0.05) is 13.8 Å². The Morgan fingerprint density at radius 3 is 2.78 bits per heavy atom.